The van der Waals surface area contributed by atoms with Gasteiger partial charge in [-0.1, -0.05) is 87.7 Å². The Morgan fingerprint density at radius 2 is 0.919 bits per heavy atom. The molecule has 0 heterocycles. The van der Waals surface area contributed by atoms with E-state index in [1.807, 2.05) is 0 Å². The van der Waals surface area contributed by atoms with Gasteiger partial charge in [0.25, 0.3) is 0 Å². The Bertz CT molecular complexity index is 832. The molecule has 0 bridgehead atoms. The molecule has 3 aromatic rings. The fraction of sp³-hybridized carbons (Fsp3) is 0.455. The Hall–Kier alpha value is -1.51. The molecule has 0 atom stereocenters. The summed E-state index contributed by atoms with van der Waals surface area (Å²) in [4.78, 5) is 0. The van der Waals surface area contributed by atoms with Crippen molar-refractivity contribution < 1.29 is 26.5 Å². The van der Waals surface area contributed by atoms with Gasteiger partial charge in [-0.05, 0) is 74.9 Å². The van der Waals surface area contributed by atoms with E-state index in [9.17, 15) is 0 Å². The summed E-state index contributed by atoms with van der Waals surface area (Å²) >= 11 is 0. The van der Waals surface area contributed by atoms with E-state index in [2.05, 4.69) is 105 Å². The molecule has 0 saturated heterocycles. The van der Waals surface area contributed by atoms with E-state index in [4.69, 9.17) is 9.47 Å². The summed E-state index contributed by atoms with van der Waals surface area (Å²) in [6, 6.07) is 33.8. The van der Waals surface area contributed by atoms with Gasteiger partial charge in [-0.15, -0.1) is 0 Å². The van der Waals surface area contributed by atoms with Crippen LogP contribution in [-0.4, -0.2) is 25.7 Å². The van der Waals surface area contributed by atoms with Crippen molar-refractivity contribution in [2.45, 2.75) is 77.9 Å². The molecule has 3 aromatic carbocycles. The molecule has 0 aromatic heterocycles. The van der Waals surface area contributed by atoms with Crippen LogP contribution < -0.4 is 32.9 Å². The largest absolute Gasteiger partial charge is 1.00 e. The zero-order valence-corrected chi connectivity index (χ0v) is 25.3. The van der Waals surface area contributed by atoms with Crippen LogP contribution in [0.2, 0.25) is 0 Å². The molecule has 0 saturated carbocycles. The minimum absolute atomic E-state index is 0. The van der Waals surface area contributed by atoms with E-state index in [1.165, 1.54) is 60.6 Å². The Labute approximate surface area is 237 Å². The number of ether oxygens (including phenoxy) is 2. The van der Waals surface area contributed by atoms with Crippen molar-refractivity contribution in [3.8, 4) is 0 Å². The molecule has 0 spiro atoms. The molecule has 0 unspecified atom stereocenters. The van der Waals surface area contributed by atoms with Gasteiger partial charge in [0.2, 0.25) is 0 Å². The molecule has 2 nitrogen and oxygen atoms in total. The van der Waals surface area contributed by atoms with Crippen molar-refractivity contribution in [2.75, 3.05) is 19.4 Å². The third-order valence-corrected chi connectivity index (χ3v) is 11.3. The smallest absolute Gasteiger partial charge is 0.157 e. The molecule has 37 heavy (non-hydrogen) atoms. The van der Waals surface area contributed by atoms with Crippen LogP contribution in [-0.2, 0) is 9.47 Å². The van der Waals surface area contributed by atoms with Crippen LogP contribution in [0.15, 0.2) is 91.0 Å². The third kappa shape index (κ3) is 9.95. The fourth-order valence-corrected chi connectivity index (χ4v) is 9.37. The van der Waals surface area contributed by atoms with Gasteiger partial charge in [0, 0.05) is 13.2 Å². The maximum atomic E-state index is 5.88. The maximum Gasteiger partial charge on any atom is 0.157 e. The van der Waals surface area contributed by atoms with Gasteiger partial charge in [-0.3, -0.25) is 0 Å². The quantitative estimate of drug-likeness (QED) is 0.120. The Morgan fingerprint density at radius 3 is 1.32 bits per heavy atom. The minimum atomic E-state index is -1.68. The van der Waals surface area contributed by atoms with Crippen LogP contribution in [0.25, 0.3) is 0 Å². The molecule has 3 rings (SSSR count). The first-order valence-electron chi connectivity index (χ1n) is 14.1. The summed E-state index contributed by atoms with van der Waals surface area (Å²) in [5, 5.41) is 4.48. The van der Waals surface area contributed by atoms with Gasteiger partial charge in [0.15, 0.2) is 6.29 Å². The van der Waals surface area contributed by atoms with E-state index in [-0.39, 0.29) is 23.3 Å². The SMILES string of the molecule is CCCOC(CCCCCCCC[P+](c1ccccc1)(c1ccccc1)c1ccccc1)OCCC.[Br-]. The number of halogens is 1. The second-order valence-electron chi connectivity index (χ2n) is 9.62. The lowest BCUT2D eigenvalue weighted by Crippen LogP contribution is -3.00. The fourth-order valence-electron chi connectivity index (χ4n) is 4.96. The Kier molecular flexibility index (Phi) is 16.0. The summed E-state index contributed by atoms with van der Waals surface area (Å²) in [6.45, 7) is 5.90. The van der Waals surface area contributed by atoms with Crippen LogP contribution in [0.3, 0.4) is 0 Å². The average Bonchev–Trinajstić information content (AvgIpc) is 2.95. The van der Waals surface area contributed by atoms with Crippen molar-refractivity contribution in [1.82, 2.24) is 0 Å². The molecule has 202 valence electrons. The van der Waals surface area contributed by atoms with Crippen molar-refractivity contribution >= 4 is 23.2 Å². The standard InChI is InChI=1S/C33H46O2P.BrH/c1-3-27-34-33(35-28-4-2)26-18-7-5-6-8-19-29-36(30-20-12-9-13-21-30,31-22-14-10-15-23-31)32-24-16-11-17-25-32;/h9-17,20-25,33H,3-8,18-19,26-29H2,1-2H3;1H/q+1;/p-1. The van der Waals surface area contributed by atoms with Gasteiger partial charge in [-0.25, -0.2) is 0 Å². The molecule has 0 radical (unpaired) electrons. The van der Waals surface area contributed by atoms with Crippen LogP contribution in [0, 0.1) is 0 Å². The van der Waals surface area contributed by atoms with Gasteiger partial charge < -0.3 is 26.5 Å². The highest BCUT2D eigenvalue weighted by Crippen LogP contribution is 2.56. The van der Waals surface area contributed by atoms with Crippen molar-refractivity contribution in [1.29, 1.82) is 0 Å². The lowest BCUT2D eigenvalue weighted by atomic mass is 10.1. The molecule has 0 N–H and O–H groups in total. The summed E-state index contributed by atoms with van der Waals surface area (Å²) in [6.07, 6.45) is 11.9. The summed E-state index contributed by atoms with van der Waals surface area (Å²) in [5.74, 6) is 0. The summed E-state index contributed by atoms with van der Waals surface area (Å²) in [5.41, 5.74) is 0. The molecule has 0 aliphatic rings. The van der Waals surface area contributed by atoms with Crippen LogP contribution in [0.1, 0.15) is 71.6 Å². The minimum Gasteiger partial charge on any atom is -1.00 e. The predicted molar refractivity (Wildman–Crippen MR) is 159 cm³/mol. The van der Waals surface area contributed by atoms with Gasteiger partial charge in [0.1, 0.15) is 23.2 Å². The topological polar surface area (TPSA) is 18.5 Å². The summed E-state index contributed by atoms with van der Waals surface area (Å²) < 4.78 is 11.8. The Balaban J connectivity index is 0.00000481. The van der Waals surface area contributed by atoms with E-state index in [0.29, 0.717) is 0 Å². The first-order chi connectivity index (χ1) is 17.8. The van der Waals surface area contributed by atoms with Crippen molar-refractivity contribution in [3.63, 3.8) is 0 Å². The molecule has 0 fully saturated rings. The normalized spacial score (nSPS) is 11.4. The van der Waals surface area contributed by atoms with Crippen LogP contribution in [0.4, 0.5) is 0 Å². The average molecular weight is 586 g/mol. The van der Waals surface area contributed by atoms with Crippen LogP contribution >= 0.6 is 7.26 Å². The second kappa shape index (κ2) is 18.7. The number of benzene rings is 3. The first-order valence-corrected chi connectivity index (χ1v) is 16.1. The number of hydrogen-bond acceptors (Lipinski definition) is 2. The highest BCUT2D eigenvalue weighted by Gasteiger charge is 2.44. The predicted octanol–water partition coefficient (Wildman–Crippen LogP) is 4.89. The van der Waals surface area contributed by atoms with Crippen molar-refractivity contribution in [3.05, 3.63) is 91.0 Å². The number of unbranched alkanes of at least 4 members (excludes halogenated alkanes) is 5. The highest BCUT2D eigenvalue weighted by atomic mass is 79.9. The molecule has 0 aliphatic carbocycles. The lowest BCUT2D eigenvalue weighted by Gasteiger charge is -2.27. The van der Waals surface area contributed by atoms with Gasteiger partial charge >= 0.3 is 0 Å². The van der Waals surface area contributed by atoms with Crippen molar-refractivity contribution in [2.24, 2.45) is 0 Å². The van der Waals surface area contributed by atoms with Crippen LogP contribution in [0.5, 0.6) is 0 Å². The Morgan fingerprint density at radius 1 is 0.541 bits per heavy atom. The maximum absolute atomic E-state index is 5.88. The molecule has 4 heteroatoms. The zero-order valence-electron chi connectivity index (χ0n) is 22.9. The zero-order chi connectivity index (χ0) is 25.3. The number of hydrogen-bond donors (Lipinski definition) is 0. The monoisotopic (exact) mass is 584 g/mol. The first kappa shape index (κ1) is 31.7. The number of rotatable bonds is 18. The second-order valence-corrected chi connectivity index (χ2v) is 13.2. The van der Waals surface area contributed by atoms with Gasteiger partial charge in [0.05, 0.1) is 6.16 Å². The molecule has 0 aliphatic heterocycles. The molecular formula is C33H46BrO2P. The third-order valence-electron chi connectivity index (χ3n) is 6.79. The summed E-state index contributed by atoms with van der Waals surface area (Å²) in [7, 11) is -1.68. The lowest BCUT2D eigenvalue weighted by molar-refractivity contribution is -0.146. The highest BCUT2D eigenvalue weighted by molar-refractivity contribution is 7.95. The van der Waals surface area contributed by atoms with E-state index in [0.717, 1.165) is 32.5 Å². The molecular weight excluding hydrogens is 539 g/mol. The van der Waals surface area contributed by atoms with E-state index in [1.54, 1.807) is 0 Å². The molecule has 0 amide bonds. The van der Waals surface area contributed by atoms with E-state index < -0.39 is 7.26 Å². The van der Waals surface area contributed by atoms with E-state index >= 15 is 0 Å². The van der Waals surface area contributed by atoms with Gasteiger partial charge in [-0.2, -0.15) is 0 Å².